The molecule has 0 fully saturated rings. The van der Waals surface area contributed by atoms with Crippen LogP contribution >= 0.6 is 11.6 Å². The zero-order valence-corrected chi connectivity index (χ0v) is 18.3. The molecule has 0 N–H and O–H groups in total. The van der Waals surface area contributed by atoms with Crippen LogP contribution in [0.1, 0.15) is 15.9 Å². The van der Waals surface area contributed by atoms with Crippen LogP contribution in [0.15, 0.2) is 94.6 Å². The highest BCUT2D eigenvalue weighted by Gasteiger charge is 2.38. The van der Waals surface area contributed by atoms with Crippen molar-refractivity contribution in [3.8, 4) is 11.5 Å². The lowest BCUT2D eigenvalue weighted by molar-refractivity contribution is 0.104. The Hall–Kier alpha value is -3.83. The minimum absolute atomic E-state index is 0.172. The molecule has 1 aliphatic heterocycles. The van der Waals surface area contributed by atoms with Crippen molar-refractivity contribution in [3.63, 3.8) is 0 Å². The van der Waals surface area contributed by atoms with Crippen molar-refractivity contribution in [1.82, 2.24) is 0 Å². The maximum absolute atomic E-state index is 13.1. The molecule has 0 radical (unpaired) electrons. The molecule has 3 aromatic rings. The number of halogens is 1. The molecule has 2 aliphatic rings. The molecule has 0 atom stereocenters. The van der Waals surface area contributed by atoms with Crippen LogP contribution in [0.4, 0.5) is 11.4 Å². The number of nitrogens with zero attached hydrogens (tertiary/aromatic N) is 2. The number of rotatable bonds is 4. The summed E-state index contributed by atoms with van der Waals surface area (Å²) in [5, 5.41) is 0.172. The molecule has 32 heavy (non-hydrogen) atoms. The summed E-state index contributed by atoms with van der Waals surface area (Å²) in [6, 6.07) is 22.5. The Labute approximate surface area is 190 Å². The molecule has 0 saturated heterocycles. The largest absolute Gasteiger partial charge is 0.497 e. The normalized spacial score (nSPS) is 16.1. The van der Waals surface area contributed by atoms with E-state index in [-0.39, 0.29) is 10.8 Å². The van der Waals surface area contributed by atoms with Gasteiger partial charge in [0.25, 0.3) is 0 Å². The van der Waals surface area contributed by atoms with Crippen LogP contribution < -0.4 is 14.4 Å². The Morgan fingerprint density at radius 2 is 1.41 bits per heavy atom. The van der Waals surface area contributed by atoms with E-state index in [1.165, 1.54) is 0 Å². The zero-order valence-electron chi connectivity index (χ0n) is 17.5. The number of carbonyl (C=O) groups is 1. The number of benzene rings is 3. The van der Waals surface area contributed by atoms with Crippen LogP contribution in [0, 0.1) is 0 Å². The average Bonchev–Trinajstić information content (AvgIpc) is 3.22. The number of carbonyl (C=O) groups excluding carboxylic acids is 1. The van der Waals surface area contributed by atoms with E-state index in [1.807, 2.05) is 77.7 Å². The highest BCUT2D eigenvalue weighted by Crippen LogP contribution is 2.45. The summed E-state index contributed by atoms with van der Waals surface area (Å²) in [5.41, 5.74) is 4.51. The van der Waals surface area contributed by atoms with E-state index in [0.29, 0.717) is 17.1 Å². The molecule has 1 heterocycles. The maximum Gasteiger partial charge on any atom is 0.207 e. The molecule has 0 bridgehead atoms. The minimum Gasteiger partial charge on any atom is -0.497 e. The Bertz CT molecular complexity index is 1310. The fourth-order valence-electron chi connectivity index (χ4n) is 3.92. The van der Waals surface area contributed by atoms with Crippen molar-refractivity contribution < 1.29 is 14.3 Å². The first kappa shape index (κ1) is 20.1. The summed E-state index contributed by atoms with van der Waals surface area (Å²) < 4.78 is 10.6. The summed E-state index contributed by atoms with van der Waals surface area (Å²) in [7, 11) is 3.25. The first-order valence-electron chi connectivity index (χ1n) is 10.0. The van der Waals surface area contributed by atoms with Crippen LogP contribution in [0.3, 0.4) is 0 Å². The highest BCUT2D eigenvalue weighted by atomic mass is 35.5. The van der Waals surface area contributed by atoms with Gasteiger partial charge in [0.2, 0.25) is 5.78 Å². The quantitative estimate of drug-likeness (QED) is 0.498. The Morgan fingerprint density at radius 1 is 0.812 bits per heavy atom. The van der Waals surface area contributed by atoms with Crippen molar-refractivity contribution in [2.75, 3.05) is 19.1 Å². The number of hydrogen-bond donors (Lipinski definition) is 0. The molecule has 3 aromatic carbocycles. The van der Waals surface area contributed by atoms with Crippen LogP contribution in [0.2, 0.25) is 0 Å². The van der Waals surface area contributed by atoms with Gasteiger partial charge in [0.15, 0.2) is 0 Å². The van der Waals surface area contributed by atoms with Gasteiger partial charge >= 0.3 is 0 Å². The summed E-state index contributed by atoms with van der Waals surface area (Å²) in [5.74, 6) is 1.95. The van der Waals surface area contributed by atoms with E-state index < -0.39 is 0 Å². The van der Waals surface area contributed by atoms with Crippen molar-refractivity contribution in [2.45, 2.75) is 0 Å². The molecule has 0 spiro atoms. The number of Topliss-reactive ketones (excluding diaryl/α,β-unsaturated/α-hetero) is 1. The summed E-state index contributed by atoms with van der Waals surface area (Å²) in [6.45, 7) is 0. The number of ketones is 1. The second kappa shape index (κ2) is 8.02. The number of aliphatic imine (C=N–C) groups is 1. The number of allylic oxidation sites excluding steroid dienone is 2. The first-order valence-corrected chi connectivity index (χ1v) is 10.4. The van der Waals surface area contributed by atoms with E-state index in [0.717, 1.165) is 34.0 Å². The lowest BCUT2D eigenvalue weighted by Gasteiger charge is -2.27. The van der Waals surface area contributed by atoms with E-state index in [2.05, 4.69) is 0 Å². The van der Waals surface area contributed by atoms with Crippen LogP contribution in [-0.2, 0) is 0 Å². The third-order valence-electron chi connectivity index (χ3n) is 5.50. The van der Waals surface area contributed by atoms with Gasteiger partial charge in [-0.05, 0) is 60.2 Å². The van der Waals surface area contributed by atoms with Crippen molar-refractivity contribution in [2.24, 2.45) is 4.99 Å². The van der Waals surface area contributed by atoms with Gasteiger partial charge in [-0.25, -0.2) is 4.99 Å². The lowest BCUT2D eigenvalue weighted by atomic mass is 9.90. The molecule has 5 nitrogen and oxygen atoms in total. The second-order valence-electron chi connectivity index (χ2n) is 7.30. The molecule has 0 unspecified atom stereocenters. The molecule has 0 amide bonds. The Morgan fingerprint density at radius 3 is 2.03 bits per heavy atom. The predicted octanol–water partition coefficient (Wildman–Crippen LogP) is 5.98. The second-order valence-corrected chi connectivity index (χ2v) is 7.67. The number of hydrogen-bond acceptors (Lipinski definition) is 4. The van der Waals surface area contributed by atoms with Crippen LogP contribution in [0.5, 0.6) is 11.5 Å². The minimum atomic E-state index is -0.196. The number of methoxy groups -OCH3 is 2. The third-order valence-corrected chi connectivity index (χ3v) is 5.85. The molecular weight excluding hydrogens is 424 g/mol. The van der Waals surface area contributed by atoms with Crippen LogP contribution in [-0.4, -0.2) is 25.8 Å². The molecule has 0 aromatic heterocycles. The van der Waals surface area contributed by atoms with Gasteiger partial charge < -0.3 is 9.47 Å². The van der Waals surface area contributed by atoms with Crippen LogP contribution in [0.25, 0.3) is 5.57 Å². The molecule has 5 rings (SSSR count). The number of fused-ring (bicyclic) bond motifs is 3. The number of ether oxygens (including phenoxy) is 2. The SMILES string of the molecule is COc1ccc(N=C2C=C3C(=C(Cl)C(=O)c4ccccc43)N2c2ccc(OC)cc2)cc1. The van der Waals surface area contributed by atoms with Gasteiger partial charge in [0, 0.05) is 16.8 Å². The molecule has 6 heteroatoms. The highest BCUT2D eigenvalue weighted by molar-refractivity contribution is 6.49. The fourth-order valence-corrected chi connectivity index (χ4v) is 4.21. The third kappa shape index (κ3) is 3.27. The summed E-state index contributed by atoms with van der Waals surface area (Å²) >= 11 is 6.66. The smallest absolute Gasteiger partial charge is 0.207 e. The van der Waals surface area contributed by atoms with E-state index in [4.69, 9.17) is 26.1 Å². The predicted molar refractivity (Wildman–Crippen MR) is 127 cm³/mol. The average molecular weight is 443 g/mol. The Kier molecular flexibility index (Phi) is 5.04. The molecule has 158 valence electrons. The van der Waals surface area contributed by atoms with Gasteiger partial charge in [-0.1, -0.05) is 35.9 Å². The van der Waals surface area contributed by atoms with Gasteiger partial charge in [-0.2, -0.15) is 0 Å². The van der Waals surface area contributed by atoms with Gasteiger partial charge in [0.1, 0.15) is 22.4 Å². The fraction of sp³-hybridized carbons (Fsp3) is 0.0769. The zero-order chi connectivity index (χ0) is 22.2. The standard InChI is InChI=1S/C26H19ClN2O3/c1-31-18-11-7-16(8-12-18)28-23-15-22-20-5-3-4-6-21(20)26(30)24(27)25(22)29(23)17-9-13-19(32-2)14-10-17/h3-15H,1-2H3. The topological polar surface area (TPSA) is 51.1 Å². The molecule has 1 aliphatic carbocycles. The van der Waals surface area contributed by atoms with Crippen molar-refractivity contribution in [3.05, 3.63) is 101 Å². The first-order chi connectivity index (χ1) is 15.6. The van der Waals surface area contributed by atoms with Gasteiger partial charge in [0.05, 0.1) is 25.6 Å². The van der Waals surface area contributed by atoms with Crippen molar-refractivity contribution >= 4 is 40.2 Å². The van der Waals surface area contributed by atoms with Crippen molar-refractivity contribution in [1.29, 1.82) is 0 Å². The molecule has 0 saturated carbocycles. The summed E-state index contributed by atoms with van der Waals surface area (Å²) in [4.78, 5) is 19.8. The Balaban J connectivity index is 1.70. The van der Waals surface area contributed by atoms with Gasteiger partial charge in [-0.15, -0.1) is 0 Å². The lowest BCUT2D eigenvalue weighted by Crippen LogP contribution is -2.27. The summed E-state index contributed by atoms with van der Waals surface area (Å²) in [6.07, 6.45) is 1.97. The molecular formula is C26H19ClN2O3. The monoisotopic (exact) mass is 442 g/mol. The van der Waals surface area contributed by atoms with E-state index in [9.17, 15) is 4.79 Å². The van der Waals surface area contributed by atoms with E-state index in [1.54, 1.807) is 20.3 Å². The number of anilines is 1. The van der Waals surface area contributed by atoms with Gasteiger partial charge in [-0.3, -0.25) is 9.69 Å². The number of amidine groups is 1. The maximum atomic E-state index is 13.1. The van der Waals surface area contributed by atoms with E-state index >= 15 is 0 Å².